The number of hydrogen-bond acceptors (Lipinski definition) is 2. The fraction of sp³-hybridized carbons (Fsp3) is 0.900. The van der Waals surface area contributed by atoms with Crippen molar-refractivity contribution in [2.75, 3.05) is 0 Å². The molecule has 2 heteroatoms. The van der Waals surface area contributed by atoms with E-state index in [9.17, 15) is 4.79 Å². The predicted molar refractivity (Wildman–Crippen MR) is 48.8 cm³/mol. The van der Waals surface area contributed by atoms with Crippen LogP contribution in [0.3, 0.4) is 0 Å². The zero-order valence-electron chi connectivity index (χ0n) is 7.97. The molecule has 2 nitrogen and oxygen atoms in total. The van der Waals surface area contributed by atoms with Crippen LogP contribution in [-0.2, 0) is 4.79 Å². The maximum atomic E-state index is 10.3. The van der Waals surface area contributed by atoms with Crippen LogP contribution in [0.25, 0.3) is 0 Å². The van der Waals surface area contributed by atoms with E-state index in [1.165, 1.54) is 12.8 Å². The topological polar surface area (TPSA) is 29.4 Å². The van der Waals surface area contributed by atoms with Crippen molar-refractivity contribution < 1.29 is 4.79 Å². The van der Waals surface area contributed by atoms with E-state index in [-0.39, 0.29) is 5.54 Å². The van der Waals surface area contributed by atoms with Crippen LogP contribution < -0.4 is 0 Å². The molecule has 0 aromatic rings. The minimum absolute atomic E-state index is 0.0318. The molecule has 0 saturated heterocycles. The zero-order valence-corrected chi connectivity index (χ0v) is 7.97. The van der Waals surface area contributed by atoms with Crippen LogP contribution in [0.5, 0.6) is 0 Å². The highest BCUT2D eigenvalue weighted by Crippen LogP contribution is 2.37. The van der Waals surface area contributed by atoms with E-state index in [0.29, 0.717) is 5.92 Å². The van der Waals surface area contributed by atoms with Crippen LogP contribution in [-0.4, -0.2) is 11.6 Å². The second-order valence-electron chi connectivity index (χ2n) is 4.23. The molecule has 0 radical (unpaired) electrons. The molecular formula is C10H17NO. The van der Waals surface area contributed by atoms with Crippen molar-refractivity contribution in [3.8, 4) is 0 Å². The first-order valence-corrected chi connectivity index (χ1v) is 4.77. The molecule has 12 heavy (non-hydrogen) atoms. The molecule has 1 aliphatic rings. The van der Waals surface area contributed by atoms with Gasteiger partial charge in [-0.2, -0.15) is 4.99 Å². The Bertz CT molecular complexity index is 186. The van der Waals surface area contributed by atoms with Crippen molar-refractivity contribution in [3.63, 3.8) is 0 Å². The van der Waals surface area contributed by atoms with Gasteiger partial charge in [0.1, 0.15) is 0 Å². The van der Waals surface area contributed by atoms with Crippen LogP contribution in [0.2, 0.25) is 0 Å². The summed E-state index contributed by atoms with van der Waals surface area (Å²) in [5, 5.41) is 0. The molecule has 68 valence electrons. The summed E-state index contributed by atoms with van der Waals surface area (Å²) in [7, 11) is 0. The highest BCUT2D eigenvalue weighted by Gasteiger charge is 2.33. The second kappa shape index (κ2) is 3.86. The minimum atomic E-state index is -0.0318. The van der Waals surface area contributed by atoms with E-state index in [2.05, 4.69) is 18.8 Å². The normalized spacial score (nSPS) is 20.9. The summed E-state index contributed by atoms with van der Waals surface area (Å²) in [6, 6.07) is 0. The molecule has 1 aliphatic carbocycles. The third-order valence-corrected chi connectivity index (χ3v) is 2.61. The lowest BCUT2D eigenvalue weighted by Crippen LogP contribution is -2.23. The molecule has 0 atom stereocenters. The summed E-state index contributed by atoms with van der Waals surface area (Å²) in [5.74, 6) is 0.625. The van der Waals surface area contributed by atoms with Crippen molar-refractivity contribution in [1.82, 2.24) is 0 Å². The first-order valence-electron chi connectivity index (χ1n) is 4.77. The Kier molecular flexibility index (Phi) is 3.05. The van der Waals surface area contributed by atoms with Gasteiger partial charge >= 0.3 is 0 Å². The van der Waals surface area contributed by atoms with Gasteiger partial charge in [-0.15, -0.1) is 0 Å². The Morgan fingerprint density at radius 2 is 2.00 bits per heavy atom. The van der Waals surface area contributed by atoms with Gasteiger partial charge in [0.25, 0.3) is 0 Å². The van der Waals surface area contributed by atoms with E-state index in [1.807, 2.05) is 0 Å². The summed E-state index contributed by atoms with van der Waals surface area (Å²) in [5.41, 5.74) is -0.0318. The number of rotatable bonds is 3. The second-order valence-corrected chi connectivity index (χ2v) is 4.23. The average Bonchev–Trinajstić information content (AvgIpc) is 2.36. The third kappa shape index (κ3) is 2.18. The molecule has 0 spiro atoms. The molecular weight excluding hydrogens is 150 g/mol. The van der Waals surface area contributed by atoms with E-state index in [0.717, 1.165) is 19.3 Å². The summed E-state index contributed by atoms with van der Waals surface area (Å²) in [4.78, 5) is 14.2. The van der Waals surface area contributed by atoms with E-state index < -0.39 is 0 Å². The quantitative estimate of drug-likeness (QED) is 0.469. The molecule has 0 amide bonds. The first kappa shape index (κ1) is 9.47. The van der Waals surface area contributed by atoms with Crippen molar-refractivity contribution in [2.45, 2.75) is 51.5 Å². The standard InChI is InChI=1S/C10H17NO/c1-9(2)7-10(11-8-12)5-3-4-6-10/h9H,3-7H2,1-2H3. The van der Waals surface area contributed by atoms with Gasteiger partial charge in [0.05, 0.1) is 5.54 Å². The largest absolute Gasteiger partial charge is 0.235 e. The fourth-order valence-corrected chi connectivity index (χ4v) is 2.25. The number of carbonyl (C=O) groups excluding carboxylic acids is 1. The highest BCUT2D eigenvalue weighted by atomic mass is 16.1. The summed E-state index contributed by atoms with van der Waals surface area (Å²) in [6.07, 6.45) is 7.38. The molecule has 0 unspecified atom stereocenters. The minimum Gasteiger partial charge on any atom is -0.211 e. The predicted octanol–water partition coefficient (Wildman–Crippen LogP) is 2.68. The summed E-state index contributed by atoms with van der Waals surface area (Å²) in [6.45, 7) is 4.36. The Morgan fingerprint density at radius 3 is 2.42 bits per heavy atom. The van der Waals surface area contributed by atoms with Crippen LogP contribution >= 0.6 is 0 Å². The van der Waals surface area contributed by atoms with Gasteiger partial charge in [0, 0.05) is 0 Å². The van der Waals surface area contributed by atoms with Crippen LogP contribution in [0.15, 0.2) is 4.99 Å². The van der Waals surface area contributed by atoms with Crippen molar-refractivity contribution in [3.05, 3.63) is 0 Å². The van der Waals surface area contributed by atoms with Crippen molar-refractivity contribution >= 4 is 6.08 Å². The molecule has 0 heterocycles. The maximum Gasteiger partial charge on any atom is 0.235 e. The number of aliphatic imine (C=N–C) groups is 1. The molecule has 0 aromatic carbocycles. The number of isocyanates is 1. The number of nitrogens with zero attached hydrogens (tertiary/aromatic N) is 1. The van der Waals surface area contributed by atoms with E-state index in [4.69, 9.17) is 0 Å². The monoisotopic (exact) mass is 167 g/mol. The van der Waals surface area contributed by atoms with Gasteiger partial charge in [0.15, 0.2) is 0 Å². The molecule has 0 aromatic heterocycles. The molecule has 0 bridgehead atoms. The lowest BCUT2D eigenvalue weighted by atomic mass is 9.88. The maximum absolute atomic E-state index is 10.3. The SMILES string of the molecule is CC(C)CC1(N=C=O)CCCC1. The zero-order chi connectivity index (χ0) is 9.03. The van der Waals surface area contributed by atoms with Crippen LogP contribution in [0, 0.1) is 5.92 Å². The third-order valence-electron chi connectivity index (χ3n) is 2.61. The van der Waals surface area contributed by atoms with Gasteiger partial charge in [-0.1, -0.05) is 26.7 Å². The Morgan fingerprint density at radius 1 is 1.42 bits per heavy atom. The van der Waals surface area contributed by atoms with Crippen molar-refractivity contribution in [1.29, 1.82) is 0 Å². The first-order chi connectivity index (χ1) is 5.68. The Labute approximate surface area is 74.1 Å². The van der Waals surface area contributed by atoms with Gasteiger partial charge < -0.3 is 0 Å². The van der Waals surface area contributed by atoms with Gasteiger partial charge in [-0.3, -0.25) is 0 Å². The van der Waals surface area contributed by atoms with Gasteiger partial charge in [0.2, 0.25) is 6.08 Å². The van der Waals surface area contributed by atoms with E-state index >= 15 is 0 Å². The molecule has 1 rings (SSSR count). The number of hydrogen-bond donors (Lipinski definition) is 0. The average molecular weight is 167 g/mol. The fourth-order valence-electron chi connectivity index (χ4n) is 2.25. The summed E-state index contributed by atoms with van der Waals surface area (Å²) >= 11 is 0. The van der Waals surface area contributed by atoms with E-state index in [1.54, 1.807) is 6.08 Å². The van der Waals surface area contributed by atoms with Crippen LogP contribution in [0.1, 0.15) is 46.0 Å². The lowest BCUT2D eigenvalue weighted by molar-refractivity contribution is 0.350. The Hall–Kier alpha value is -0.620. The van der Waals surface area contributed by atoms with Crippen LogP contribution in [0.4, 0.5) is 0 Å². The van der Waals surface area contributed by atoms with Gasteiger partial charge in [-0.05, 0) is 25.2 Å². The summed E-state index contributed by atoms with van der Waals surface area (Å²) < 4.78 is 0. The molecule has 0 aliphatic heterocycles. The molecule has 1 saturated carbocycles. The van der Waals surface area contributed by atoms with Crippen molar-refractivity contribution in [2.24, 2.45) is 10.9 Å². The molecule has 1 fully saturated rings. The Balaban J connectivity index is 2.65. The highest BCUT2D eigenvalue weighted by molar-refractivity contribution is 5.35. The van der Waals surface area contributed by atoms with Gasteiger partial charge in [-0.25, -0.2) is 4.79 Å². The lowest BCUT2D eigenvalue weighted by Gasteiger charge is -2.23. The smallest absolute Gasteiger partial charge is 0.211 e. The molecule has 0 N–H and O–H groups in total.